The minimum atomic E-state index is -0.691. The van der Waals surface area contributed by atoms with Gasteiger partial charge < -0.3 is 19.6 Å². The molecule has 0 radical (unpaired) electrons. The Morgan fingerprint density at radius 2 is 1.77 bits per heavy atom. The molecule has 1 saturated heterocycles. The maximum atomic E-state index is 14.4. The van der Waals surface area contributed by atoms with E-state index < -0.39 is 6.04 Å². The Bertz CT molecular complexity index is 1630. The van der Waals surface area contributed by atoms with E-state index in [9.17, 15) is 9.90 Å². The third kappa shape index (κ3) is 6.28. The van der Waals surface area contributed by atoms with E-state index in [2.05, 4.69) is 11.0 Å². The van der Waals surface area contributed by atoms with Crippen LogP contribution in [0.15, 0.2) is 90.1 Å². The number of anilines is 2. The van der Waals surface area contributed by atoms with Crippen LogP contribution in [-0.2, 0) is 17.8 Å². The highest BCUT2D eigenvalue weighted by atomic mass is 35.5. The molecule has 43 heavy (non-hydrogen) atoms. The van der Waals surface area contributed by atoms with Gasteiger partial charge in [0.2, 0.25) is 0 Å². The Morgan fingerprint density at radius 1 is 1.00 bits per heavy atom. The van der Waals surface area contributed by atoms with Gasteiger partial charge in [-0.3, -0.25) is 9.79 Å². The van der Waals surface area contributed by atoms with E-state index in [1.165, 1.54) is 0 Å². The number of ether oxygens (including phenoxy) is 1. The van der Waals surface area contributed by atoms with E-state index in [1.807, 2.05) is 90.8 Å². The first-order valence-electron chi connectivity index (χ1n) is 14.7. The van der Waals surface area contributed by atoms with Crippen molar-refractivity contribution in [3.8, 4) is 5.75 Å². The van der Waals surface area contributed by atoms with Crippen molar-refractivity contribution in [2.75, 3.05) is 30.0 Å². The zero-order chi connectivity index (χ0) is 29.9. The normalized spacial score (nSPS) is 17.3. The number of aliphatic hydroxyl groups excluding tert-OH is 1. The number of hydrogen-bond acceptors (Lipinski definition) is 6. The maximum absolute atomic E-state index is 14.4. The van der Waals surface area contributed by atoms with Crippen LogP contribution in [0, 0.1) is 6.92 Å². The lowest BCUT2D eigenvalue weighted by atomic mass is 9.99. The van der Waals surface area contributed by atoms with Crippen molar-refractivity contribution in [1.29, 1.82) is 0 Å². The zero-order valence-corrected chi connectivity index (χ0v) is 25.2. The summed E-state index contributed by atoms with van der Waals surface area (Å²) < 4.78 is 5.35. The number of amides is 1. The molecule has 1 N–H and O–H groups in total. The Hall–Kier alpha value is -4.20. The molecule has 7 nitrogen and oxygen atoms in total. The van der Waals surface area contributed by atoms with Gasteiger partial charge in [-0.15, -0.1) is 0 Å². The number of hydrogen-bond donors (Lipinski definition) is 1. The van der Waals surface area contributed by atoms with Crippen molar-refractivity contribution >= 4 is 34.7 Å². The molecular weight excluding hydrogens is 560 g/mol. The van der Waals surface area contributed by atoms with E-state index in [-0.39, 0.29) is 12.0 Å². The molecule has 0 spiro atoms. The average Bonchev–Trinajstić information content (AvgIpc) is 3.13. The number of benzodiazepines with no additional fused rings is 1. The summed E-state index contributed by atoms with van der Waals surface area (Å²) >= 11 is 6.57. The molecule has 1 fully saturated rings. The molecule has 6 rings (SSSR count). The molecule has 1 atom stereocenters. The molecule has 1 aromatic heterocycles. The summed E-state index contributed by atoms with van der Waals surface area (Å²) in [7, 11) is 1.64. The Kier molecular flexibility index (Phi) is 8.45. The van der Waals surface area contributed by atoms with Crippen LogP contribution < -0.4 is 14.5 Å². The standard InChI is InChI=1S/C35H35ClN4O3/c1-23-7-13-32-29(19-23)34(26-10-14-33(37-21-26)39-17-15-27(41)16-18-39)38-31(20-25-5-3-4-6-30(25)36)35(42)40(32)22-24-8-11-28(43-2)12-9-24/h3-14,19,21,27,31,41H,15-18,20,22H2,1-2H3. The first kappa shape index (κ1) is 28.9. The number of aromatic nitrogens is 1. The van der Waals surface area contributed by atoms with Gasteiger partial charge in [0.25, 0.3) is 5.91 Å². The van der Waals surface area contributed by atoms with Crippen LogP contribution in [0.25, 0.3) is 0 Å². The van der Waals surface area contributed by atoms with Gasteiger partial charge >= 0.3 is 0 Å². The van der Waals surface area contributed by atoms with Crippen LogP contribution in [-0.4, -0.2) is 54.1 Å². The van der Waals surface area contributed by atoms with Crippen molar-refractivity contribution < 1.29 is 14.6 Å². The van der Waals surface area contributed by atoms with Gasteiger partial charge in [0.15, 0.2) is 0 Å². The molecule has 1 amide bonds. The Morgan fingerprint density at radius 3 is 2.47 bits per heavy atom. The highest BCUT2D eigenvalue weighted by molar-refractivity contribution is 6.31. The highest BCUT2D eigenvalue weighted by Crippen LogP contribution is 2.33. The number of piperidine rings is 1. The maximum Gasteiger partial charge on any atom is 0.252 e. The zero-order valence-electron chi connectivity index (χ0n) is 24.4. The summed E-state index contributed by atoms with van der Waals surface area (Å²) in [5.74, 6) is 1.55. The molecule has 1 unspecified atom stereocenters. The predicted molar refractivity (Wildman–Crippen MR) is 172 cm³/mol. The molecule has 0 saturated carbocycles. The molecule has 220 valence electrons. The second-order valence-electron chi connectivity index (χ2n) is 11.2. The first-order valence-corrected chi connectivity index (χ1v) is 15.0. The minimum Gasteiger partial charge on any atom is -0.497 e. The van der Waals surface area contributed by atoms with E-state index in [0.29, 0.717) is 18.0 Å². The molecule has 2 aliphatic rings. The number of fused-ring (bicyclic) bond motifs is 1. The molecule has 0 aliphatic carbocycles. The second kappa shape index (κ2) is 12.6. The second-order valence-corrected chi connectivity index (χ2v) is 11.6. The fourth-order valence-corrected chi connectivity index (χ4v) is 5.99. The molecule has 2 aliphatic heterocycles. The van der Waals surface area contributed by atoms with Gasteiger partial charge in [-0.2, -0.15) is 0 Å². The van der Waals surface area contributed by atoms with Crippen molar-refractivity contribution in [1.82, 2.24) is 4.98 Å². The van der Waals surface area contributed by atoms with E-state index in [4.69, 9.17) is 26.3 Å². The van der Waals surface area contributed by atoms with Crippen molar-refractivity contribution in [2.24, 2.45) is 4.99 Å². The van der Waals surface area contributed by atoms with Crippen LogP contribution in [0.2, 0.25) is 5.02 Å². The summed E-state index contributed by atoms with van der Waals surface area (Å²) in [4.78, 5) is 28.4. The molecule has 3 aromatic carbocycles. The van der Waals surface area contributed by atoms with Crippen molar-refractivity contribution in [3.05, 3.63) is 118 Å². The van der Waals surface area contributed by atoms with E-state index in [1.54, 1.807) is 7.11 Å². The quantitative estimate of drug-likeness (QED) is 0.284. The molecule has 3 heterocycles. The minimum absolute atomic E-state index is 0.0905. The smallest absolute Gasteiger partial charge is 0.252 e. The van der Waals surface area contributed by atoms with Crippen molar-refractivity contribution in [2.45, 2.75) is 44.9 Å². The van der Waals surface area contributed by atoms with Crippen LogP contribution in [0.4, 0.5) is 11.5 Å². The summed E-state index contributed by atoms with van der Waals surface area (Å²) in [6.07, 6.45) is 3.44. The van der Waals surface area contributed by atoms with Gasteiger partial charge in [-0.1, -0.05) is 53.6 Å². The monoisotopic (exact) mass is 594 g/mol. The number of methoxy groups -OCH3 is 1. The number of pyridine rings is 1. The highest BCUT2D eigenvalue weighted by Gasteiger charge is 2.33. The fraction of sp³-hybridized carbons (Fsp3) is 0.286. The van der Waals surface area contributed by atoms with Gasteiger partial charge in [0, 0.05) is 41.9 Å². The lowest BCUT2D eigenvalue weighted by molar-refractivity contribution is -0.119. The van der Waals surface area contributed by atoms with Crippen LogP contribution in [0.5, 0.6) is 5.75 Å². The van der Waals surface area contributed by atoms with Gasteiger partial charge in [-0.25, -0.2) is 4.98 Å². The molecule has 0 bridgehead atoms. The van der Waals surface area contributed by atoms with Gasteiger partial charge in [-0.05, 0) is 73.4 Å². The summed E-state index contributed by atoms with van der Waals surface area (Å²) in [5.41, 5.74) is 6.20. The fourth-order valence-electron chi connectivity index (χ4n) is 5.77. The van der Waals surface area contributed by atoms with E-state index in [0.717, 1.165) is 76.7 Å². The van der Waals surface area contributed by atoms with Gasteiger partial charge in [0.05, 0.1) is 31.2 Å². The number of halogens is 1. The lowest BCUT2D eigenvalue weighted by Gasteiger charge is -2.30. The third-order valence-corrected chi connectivity index (χ3v) is 8.58. The topological polar surface area (TPSA) is 78.3 Å². The number of aliphatic hydroxyl groups is 1. The van der Waals surface area contributed by atoms with E-state index >= 15 is 0 Å². The average molecular weight is 595 g/mol. The Balaban J connectivity index is 1.43. The first-order chi connectivity index (χ1) is 20.9. The SMILES string of the molecule is COc1ccc(CN2C(=O)C(Cc3ccccc3Cl)N=C(c3ccc(N4CCC(O)CC4)nc3)c3cc(C)ccc32)cc1. The van der Waals surface area contributed by atoms with Gasteiger partial charge in [0.1, 0.15) is 17.6 Å². The number of benzene rings is 3. The molecular formula is C35H35ClN4O3. The largest absolute Gasteiger partial charge is 0.497 e. The summed E-state index contributed by atoms with van der Waals surface area (Å²) in [6, 6.07) is 24.9. The summed E-state index contributed by atoms with van der Waals surface area (Å²) in [6.45, 7) is 3.97. The third-order valence-electron chi connectivity index (χ3n) is 8.21. The molecule has 8 heteroatoms. The summed E-state index contributed by atoms with van der Waals surface area (Å²) in [5, 5.41) is 10.5. The lowest BCUT2D eigenvalue weighted by Crippen LogP contribution is -2.38. The van der Waals surface area contributed by atoms with Crippen LogP contribution in [0.1, 0.15) is 40.7 Å². The van der Waals surface area contributed by atoms with Crippen LogP contribution in [0.3, 0.4) is 0 Å². The number of carbonyl (C=O) groups excluding carboxylic acids is 1. The number of nitrogens with zero attached hydrogens (tertiary/aromatic N) is 4. The van der Waals surface area contributed by atoms with Crippen LogP contribution >= 0.6 is 11.6 Å². The number of rotatable bonds is 7. The van der Waals surface area contributed by atoms with Crippen molar-refractivity contribution in [3.63, 3.8) is 0 Å². The Labute approximate surface area is 257 Å². The number of aryl methyl sites for hydroxylation is 1. The predicted octanol–water partition coefficient (Wildman–Crippen LogP) is 6.01. The number of aliphatic imine (C=N–C) groups is 1. The molecule has 4 aromatic rings. The number of carbonyl (C=O) groups is 1.